The molecular weight excluding hydrogens is 364 g/mol. The third-order valence-electron chi connectivity index (χ3n) is 3.67. The second kappa shape index (κ2) is 9.49. The standard InChI is InChI=1S/C19H18N2OS.CH2O3/c1-13-17(14(2)21-19(23)20-13)22-18(15-9-5-3-6-10-15)16-11-7-4-8-12-16;2-1(3)4/h3-12,18H,1-2H3,(H,20,21,23);(H2,2,3,4). The van der Waals surface area contributed by atoms with Crippen LogP contribution >= 0.6 is 12.2 Å². The molecule has 27 heavy (non-hydrogen) atoms. The highest BCUT2D eigenvalue weighted by Crippen LogP contribution is 2.31. The average Bonchev–Trinajstić information content (AvgIpc) is 2.62. The lowest BCUT2D eigenvalue weighted by atomic mass is 10.0. The number of nitrogens with one attached hydrogen (secondary N) is 1. The molecule has 0 aliphatic carbocycles. The highest BCUT2D eigenvalue weighted by Gasteiger charge is 2.18. The van der Waals surface area contributed by atoms with E-state index in [1.165, 1.54) is 0 Å². The van der Waals surface area contributed by atoms with Crippen molar-refractivity contribution in [2.24, 2.45) is 0 Å². The van der Waals surface area contributed by atoms with Crippen LogP contribution in [0, 0.1) is 18.6 Å². The molecule has 0 aliphatic rings. The Hall–Kier alpha value is -3.19. The van der Waals surface area contributed by atoms with E-state index in [4.69, 9.17) is 32.0 Å². The van der Waals surface area contributed by atoms with E-state index in [0.717, 1.165) is 28.3 Å². The van der Waals surface area contributed by atoms with Gasteiger partial charge in [0.15, 0.2) is 10.5 Å². The summed E-state index contributed by atoms with van der Waals surface area (Å²) in [5.74, 6) is 0.747. The van der Waals surface area contributed by atoms with Crippen molar-refractivity contribution >= 4 is 18.4 Å². The molecule has 7 heteroatoms. The molecule has 0 radical (unpaired) electrons. The van der Waals surface area contributed by atoms with Crippen LogP contribution in [0.4, 0.5) is 4.79 Å². The van der Waals surface area contributed by atoms with E-state index in [9.17, 15) is 0 Å². The summed E-state index contributed by atoms with van der Waals surface area (Å²) in [6, 6.07) is 20.4. The molecule has 3 aromatic rings. The third-order valence-corrected chi connectivity index (χ3v) is 3.87. The van der Waals surface area contributed by atoms with Crippen molar-refractivity contribution in [1.82, 2.24) is 9.97 Å². The first-order valence-electron chi connectivity index (χ1n) is 8.14. The van der Waals surface area contributed by atoms with Crippen LogP contribution in [0.1, 0.15) is 28.6 Å². The first kappa shape index (κ1) is 20.1. The zero-order chi connectivity index (χ0) is 19.8. The lowest BCUT2D eigenvalue weighted by molar-refractivity contribution is 0.137. The fourth-order valence-electron chi connectivity index (χ4n) is 2.60. The molecule has 0 atom stereocenters. The number of H-pyrrole nitrogens is 1. The Kier molecular flexibility index (Phi) is 7.08. The monoisotopic (exact) mass is 384 g/mol. The van der Waals surface area contributed by atoms with Crippen molar-refractivity contribution in [3.05, 3.63) is 87.9 Å². The Labute approximate surface area is 162 Å². The summed E-state index contributed by atoms with van der Waals surface area (Å²) in [5.41, 5.74) is 3.88. The maximum atomic E-state index is 8.56. The molecular formula is C20H20N2O4S. The van der Waals surface area contributed by atoms with Gasteiger partial charge in [0.05, 0.1) is 11.4 Å². The number of hydrogen-bond donors (Lipinski definition) is 3. The van der Waals surface area contributed by atoms with Crippen LogP contribution in [0.2, 0.25) is 0 Å². The molecule has 3 N–H and O–H groups in total. The second-order valence-electron chi connectivity index (χ2n) is 5.68. The summed E-state index contributed by atoms with van der Waals surface area (Å²) >= 11 is 5.12. The van der Waals surface area contributed by atoms with Gasteiger partial charge in [0.1, 0.15) is 6.10 Å². The lowest BCUT2D eigenvalue weighted by Gasteiger charge is -2.22. The second-order valence-corrected chi connectivity index (χ2v) is 6.07. The van der Waals surface area contributed by atoms with Crippen molar-refractivity contribution in [2.75, 3.05) is 0 Å². The van der Waals surface area contributed by atoms with E-state index in [2.05, 4.69) is 34.2 Å². The molecule has 0 aliphatic heterocycles. The predicted octanol–water partition coefficient (Wildman–Crippen LogP) is 5.15. The Morgan fingerprint density at radius 3 is 1.85 bits per heavy atom. The highest BCUT2D eigenvalue weighted by molar-refractivity contribution is 7.71. The Balaban J connectivity index is 0.000000596. The minimum Gasteiger partial charge on any atom is -0.477 e. The van der Waals surface area contributed by atoms with E-state index in [1.54, 1.807) is 0 Å². The van der Waals surface area contributed by atoms with Gasteiger partial charge in [0.2, 0.25) is 0 Å². The zero-order valence-electron chi connectivity index (χ0n) is 14.9. The van der Waals surface area contributed by atoms with Gasteiger partial charge in [-0.2, -0.15) is 0 Å². The summed E-state index contributed by atoms with van der Waals surface area (Å²) in [6.45, 7) is 3.87. The Morgan fingerprint density at radius 1 is 1.00 bits per heavy atom. The molecule has 0 saturated carbocycles. The van der Waals surface area contributed by atoms with Gasteiger partial charge in [-0.3, -0.25) is 0 Å². The number of rotatable bonds is 4. The number of carboxylic acid groups (broad SMARTS) is 2. The van der Waals surface area contributed by atoms with Crippen LogP contribution in [0.15, 0.2) is 60.7 Å². The van der Waals surface area contributed by atoms with Crippen LogP contribution in [0.25, 0.3) is 0 Å². The molecule has 1 heterocycles. The summed E-state index contributed by atoms with van der Waals surface area (Å²) in [6.07, 6.45) is -2.03. The van der Waals surface area contributed by atoms with Gasteiger partial charge < -0.3 is 19.9 Å². The molecule has 1 aromatic heterocycles. The van der Waals surface area contributed by atoms with Gasteiger partial charge in [-0.05, 0) is 37.2 Å². The number of nitrogens with zero attached hydrogens (tertiary/aromatic N) is 1. The molecule has 0 bridgehead atoms. The van der Waals surface area contributed by atoms with Crippen LogP contribution in [-0.2, 0) is 0 Å². The summed E-state index contributed by atoms with van der Waals surface area (Å²) < 4.78 is 6.84. The van der Waals surface area contributed by atoms with E-state index in [0.29, 0.717) is 4.77 Å². The fraction of sp³-hybridized carbons (Fsp3) is 0.150. The van der Waals surface area contributed by atoms with Crippen molar-refractivity contribution in [2.45, 2.75) is 20.0 Å². The summed E-state index contributed by atoms with van der Waals surface area (Å²) in [5, 5.41) is 13.9. The number of benzene rings is 2. The SMILES string of the molecule is Cc1nc(=S)[nH]c(C)c1OC(c1ccccc1)c1ccccc1.O=C(O)O. The number of ether oxygens (including phenoxy) is 1. The normalized spacial score (nSPS) is 10.0. The molecule has 0 amide bonds. The van der Waals surface area contributed by atoms with Gasteiger partial charge >= 0.3 is 6.16 Å². The van der Waals surface area contributed by atoms with Gasteiger partial charge in [0, 0.05) is 0 Å². The molecule has 6 nitrogen and oxygen atoms in total. The fourth-order valence-corrected chi connectivity index (χ4v) is 2.89. The minimum atomic E-state index is -1.83. The van der Waals surface area contributed by atoms with Gasteiger partial charge in [-0.15, -0.1) is 0 Å². The quantitative estimate of drug-likeness (QED) is 0.539. The molecule has 0 spiro atoms. The lowest BCUT2D eigenvalue weighted by Crippen LogP contribution is -2.12. The topological polar surface area (TPSA) is 95.4 Å². The van der Waals surface area contributed by atoms with Crippen molar-refractivity contribution in [1.29, 1.82) is 0 Å². The van der Waals surface area contributed by atoms with Crippen molar-refractivity contribution in [3.63, 3.8) is 0 Å². The van der Waals surface area contributed by atoms with E-state index in [1.807, 2.05) is 50.2 Å². The molecule has 140 valence electrons. The summed E-state index contributed by atoms with van der Waals surface area (Å²) in [7, 11) is 0. The maximum absolute atomic E-state index is 8.56. The van der Waals surface area contributed by atoms with Gasteiger partial charge in [0.25, 0.3) is 0 Å². The highest BCUT2D eigenvalue weighted by atomic mass is 32.1. The van der Waals surface area contributed by atoms with Crippen LogP contribution in [-0.4, -0.2) is 26.3 Å². The molecule has 2 aromatic carbocycles. The van der Waals surface area contributed by atoms with Gasteiger partial charge in [-0.25, -0.2) is 9.78 Å². The molecule has 0 unspecified atom stereocenters. The Morgan fingerprint density at radius 2 is 1.44 bits per heavy atom. The van der Waals surface area contributed by atoms with E-state index in [-0.39, 0.29) is 6.10 Å². The van der Waals surface area contributed by atoms with Crippen LogP contribution in [0.3, 0.4) is 0 Å². The minimum absolute atomic E-state index is 0.194. The largest absolute Gasteiger partial charge is 0.503 e. The number of hydrogen-bond acceptors (Lipinski definition) is 4. The molecule has 3 rings (SSSR count). The number of aryl methyl sites for hydroxylation is 2. The van der Waals surface area contributed by atoms with Crippen LogP contribution in [0.5, 0.6) is 5.75 Å². The van der Waals surface area contributed by atoms with Crippen molar-refractivity contribution in [3.8, 4) is 5.75 Å². The maximum Gasteiger partial charge on any atom is 0.503 e. The smallest absolute Gasteiger partial charge is 0.477 e. The first-order chi connectivity index (χ1) is 12.9. The van der Waals surface area contributed by atoms with E-state index < -0.39 is 6.16 Å². The molecule has 0 saturated heterocycles. The average molecular weight is 384 g/mol. The summed E-state index contributed by atoms with van der Waals surface area (Å²) in [4.78, 5) is 15.9. The number of aromatic amines is 1. The number of carbonyl (C=O) groups is 1. The molecule has 0 fully saturated rings. The first-order valence-corrected chi connectivity index (χ1v) is 8.55. The van der Waals surface area contributed by atoms with E-state index >= 15 is 0 Å². The number of aromatic nitrogens is 2. The Bertz CT molecular complexity index is 873. The third kappa shape index (κ3) is 5.93. The van der Waals surface area contributed by atoms with Gasteiger partial charge in [-0.1, -0.05) is 60.7 Å². The predicted molar refractivity (Wildman–Crippen MR) is 105 cm³/mol. The zero-order valence-corrected chi connectivity index (χ0v) is 15.7. The van der Waals surface area contributed by atoms with Crippen LogP contribution < -0.4 is 4.74 Å². The van der Waals surface area contributed by atoms with Crippen molar-refractivity contribution < 1.29 is 19.7 Å².